The van der Waals surface area contributed by atoms with Gasteiger partial charge < -0.3 is 33.3 Å². The van der Waals surface area contributed by atoms with Crippen LogP contribution in [0.2, 0.25) is 0 Å². The second kappa shape index (κ2) is 10.0. The number of morpholine rings is 1. The van der Waals surface area contributed by atoms with Crippen LogP contribution in [0.15, 0.2) is 24.3 Å². The maximum atomic E-state index is 12.5. The minimum atomic E-state index is -0.526. The third-order valence-corrected chi connectivity index (χ3v) is 6.96. The molecule has 1 saturated heterocycles. The van der Waals surface area contributed by atoms with Crippen molar-refractivity contribution >= 4 is 28.6 Å². The Bertz CT molecular complexity index is 1440. The van der Waals surface area contributed by atoms with Crippen molar-refractivity contribution in [3.05, 3.63) is 30.1 Å². The first-order valence-corrected chi connectivity index (χ1v) is 13.4. The molecular weight excluding hydrogens is 500 g/mol. The van der Waals surface area contributed by atoms with E-state index in [4.69, 9.17) is 33.9 Å². The first-order valence-electron chi connectivity index (χ1n) is 13.4. The largest absolute Gasteiger partial charge is 0.486 e. The molecule has 5 heterocycles. The first kappa shape index (κ1) is 25.4. The number of aromatic nitrogens is 4. The van der Waals surface area contributed by atoms with E-state index in [-0.39, 0.29) is 6.09 Å². The molecule has 3 aliphatic heterocycles. The van der Waals surface area contributed by atoms with Crippen molar-refractivity contribution in [3.8, 4) is 22.9 Å². The molecule has 11 nitrogen and oxygen atoms in total. The molecule has 3 aromatic rings. The molecule has 0 N–H and O–H groups in total. The minimum Gasteiger partial charge on any atom is -0.486 e. The van der Waals surface area contributed by atoms with Crippen molar-refractivity contribution in [1.29, 1.82) is 0 Å². The van der Waals surface area contributed by atoms with Crippen LogP contribution in [0.3, 0.4) is 0 Å². The molecule has 1 fully saturated rings. The van der Waals surface area contributed by atoms with E-state index in [9.17, 15) is 4.79 Å². The van der Waals surface area contributed by atoms with Crippen molar-refractivity contribution in [2.45, 2.75) is 32.8 Å². The molecule has 0 radical (unpaired) electrons. The molecule has 0 atom stereocenters. The molecule has 206 valence electrons. The number of hydrogen-bond donors (Lipinski definition) is 0. The summed E-state index contributed by atoms with van der Waals surface area (Å²) in [5.41, 5.74) is 2.91. The van der Waals surface area contributed by atoms with Gasteiger partial charge in [0.2, 0.25) is 0 Å². The van der Waals surface area contributed by atoms with Crippen LogP contribution in [0.4, 0.5) is 10.6 Å². The molecule has 0 spiro atoms. The topological polar surface area (TPSA) is 104 Å². The Kier molecular flexibility index (Phi) is 6.54. The summed E-state index contributed by atoms with van der Waals surface area (Å²) >= 11 is 0. The standard InChI is InChI=1S/C28H34N6O5/c1-28(2,3)39-27(35)34-9-7-18(8-10-34)24-29-22-25(32(24)4)30-23(31-26(22)33-11-13-36-14-12-33)19-5-6-20-21(17-19)38-16-15-37-20/h5-7,17H,8-16H2,1-4H3. The molecule has 1 amide bonds. The average molecular weight is 535 g/mol. The SMILES string of the molecule is Cn1c(C2=CCN(C(=O)OC(C)(C)C)CC2)nc2c(N3CCOCC3)nc(-c3ccc4c(c3)OCCO4)nc21. The van der Waals surface area contributed by atoms with Crippen LogP contribution in [0.5, 0.6) is 11.5 Å². The third kappa shape index (κ3) is 5.10. The normalized spacial score (nSPS) is 17.8. The Morgan fingerprint density at radius 2 is 1.74 bits per heavy atom. The number of aryl methyl sites for hydroxylation is 1. The minimum absolute atomic E-state index is 0.299. The van der Waals surface area contributed by atoms with Gasteiger partial charge in [-0.2, -0.15) is 0 Å². The van der Waals surface area contributed by atoms with E-state index in [0.29, 0.717) is 57.5 Å². The van der Waals surface area contributed by atoms with E-state index >= 15 is 0 Å². The van der Waals surface area contributed by atoms with Crippen molar-refractivity contribution in [3.63, 3.8) is 0 Å². The molecule has 2 aromatic heterocycles. The van der Waals surface area contributed by atoms with E-state index < -0.39 is 5.60 Å². The van der Waals surface area contributed by atoms with Gasteiger partial charge in [-0.15, -0.1) is 0 Å². The van der Waals surface area contributed by atoms with Gasteiger partial charge in [0.25, 0.3) is 0 Å². The van der Waals surface area contributed by atoms with Crippen LogP contribution >= 0.6 is 0 Å². The number of benzene rings is 1. The molecule has 11 heteroatoms. The summed E-state index contributed by atoms with van der Waals surface area (Å²) < 4.78 is 24.7. The predicted octanol–water partition coefficient (Wildman–Crippen LogP) is 3.66. The fourth-order valence-corrected chi connectivity index (χ4v) is 5.01. The number of nitrogens with zero attached hydrogens (tertiary/aromatic N) is 6. The van der Waals surface area contributed by atoms with Gasteiger partial charge in [0.15, 0.2) is 34.3 Å². The Morgan fingerprint density at radius 1 is 0.974 bits per heavy atom. The molecule has 0 unspecified atom stereocenters. The van der Waals surface area contributed by atoms with Gasteiger partial charge >= 0.3 is 6.09 Å². The fourth-order valence-electron chi connectivity index (χ4n) is 5.01. The Hall–Kier alpha value is -3.86. The van der Waals surface area contributed by atoms with Crippen molar-refractivity contribution in [1.82, 2.24) is 24.4 Å². The smallest absolute Gasteiger partial charge is 0.410 e. The number of ether oxygens (including phenoxy) is 4. The van der Waals surface area contributed by atoms with Gasteiger partial charge in [0.1, 0.15) is 24.6 Å². The molecule has 0 saturated carbocycles. The van der Waals surface area contributed by atoms with E-state index in [1.165, 1.54) is 0 Å². The van der Waals surface area contributed by atoms with Gasteiger partial charge in [-0.3, -0.25) is 0 Å². The summed E-state index contributed by atoms with van der Waals surface area (Å²) in [5.74, 6) is 3.65. The highest BCUT2D eigenvalue weighted by atomic mass is 16.6. The number of rotatable bonds is 3. The number of fused-ring (bicyclic) bond motifs is 2. The quantitative estimate of drug-likeness (QED) is 0.498. The number of carbonyl (C=O) groups is 1. The molecular formula is C28H34N6O5. The molecule has 39 heavy (non-hydrogen) atoms. The van der Waals surface area contributed by atoms with Crippen LogP contribution in [-0.2, 0) is 16.5 Å². The first-order chi connectivity index (χ1) is 18.8. The van der Waals surface area contributed by atoms with Crippen molar-refractivity contribution < 1.29 is 23.7 Å². The second-order valence-electron chi connectivity index (χ2n) is 10.9. The van der Waals surface area contributed by atoms with E-state index in [2.05, 4.69) is 11.0 Å². The Labute approximate surface area is 227 Å². The highest BCUT2D eigenvalue weighted by Crippen LogP contribution is 2.36. The average Bonchev–Trinajstić information content (AvgIpc) is 3.28. The summed E-state index contributed by atoms with van der Waals surface area (Å²) in [6.45, 7) is 10.4. The molecule has 6 rings (SSSR count). The van der Waals surface area contributed by atoms with Gasteiger partial charge in [-0.25, -0.2) is 19.7 Å². The van der Waals surface area contributed by atoms with Gasteiger partial charge in [0.05, 0.1) is 13.2 Å². The third-order valence-electron chi connectivity index (χ3n) is 6.96. The molecule has 3 aliphatic rings. The summed E-state index contributed by atoms with van der Waals surface area (Å²) in [6.07, 6.45) is 2.43. The lowest BCUT2D eigenvalue weighted by Gasteiger charge is -2.29. The number of amides is 1. The van der Waals surface area contributed by atoms with E-state index in [0.717, 1.165) is 52.8 Å². The fraction of sp³-hybridized carbons (Fsp3) is 0.500. The monoisotopic (exact) mass is 534 g/mol. The summed E-state index contributed by atoms with van der Waals surface area (Å²) in [5, 5.41) is 0. The zero-order valence-electron chi connectivity index (χ0n) is 22.9. The van der Waals surface area contributed by atoms with E-state index in [1.807, 2.05) is 50.6 Å². The Morgan fingerprint density at radius 3 is 2.46 bits per heavy atom. The second-order valence-corrected chi connectivity index (χ2v) is 10.9. The Balaban J connectivity index is 1.38. The lowest BCUT2D eigenvalue weighted by Crippen LogP contribution is -2.39. The maximum absolute atomic E-state index is 12.5. The summed E-state index contributed by atoms with van der Waals surface area (Å²) in [4.78, 5) is 31.5. The van der Waals surface area contributed by atoms with Crippen LogP contribution in [0, 0.1) is 0 Å². The van der Waals surface area contributed by atoms with Crippen LogP contribution in [0.25, 0.3) is 28.1 Å². The summed E-state index contributed by atoms with van der Waals surface area (Å²) in [6, 6.07) is 5.80. The summed E-state index contributed by atoms with van der Waals surface area (Å²) in [7, 11) is 1.98. The highest BCUT2D eigenvalue weighted by molar-refractivity contribution is 5.88. The number of imidazole rings is 1. The zero-order valence-corrected chi connectivity index (χ0v) is 22.9. The van der Waals surface area contributed by atoms with Crippen LogP contribution in [0.1, 0.15) is 33.0 Å². The molecule has 1 aromatic carbocycles. The van der Waals surface area contributed by atoms with E-state index in [1.54, 1.807) is 4.90 Å². The predicted molar refractivity (Wildman–Crippen MR) is 146 cm³/mol. The molecule has 0 aliphatic carbocycles. The lowest BCUT2D eigenvalue weighted by molar-refractivity contribution is 0.0270. The number of anilines is 1. The number of carbonyl (C=O) groups excluding carboxylic acids is 1. The molecule has 0 bridgehead atoms. The van der Waals surface area contributed by atoms with Gasteiger partial charge in [-0.05, 0) is 51.0 Å². The number of hydrogen-bond acceptors (Lipinski definition) is 9. The van der Waals surface area contributed by atoms with Crippen LogP contribution < -0.4 is 14.4 Å². The van der Waals surface area contributed by atoms with Crippen molar-refractivity contribution in [2.75, 3.05) is 57.5 Å². The van der Waals surface area contributed by atoms with Gasteiger partial charge in [0, 0.05) is 38.8 Å². The van der Waals surface area contributed by atoms with Crippen LogP contribution in [-0.4, -0.2) is 88.7 Å². The van der Waals surface area contributed by atoms with Gasteiger partial charge in [-0.1, -0.05) is 6.08 Å². The zero-order chi connectivity index (χ0) is 27.1. The van der Waals surface area contributed by atoms with Crippen molar-refractivity contribution in [2.24, 2.45) is 7.05 Å². The highest BCUT2D eigenvalue weighted by Gasteiger charge is 2.27. The maximum Gasteiger partial charge on any atom is 0.410 e. The lowest BCUT2D eigenvalue weighted by atomic mass is 10.1.